The van der Waals surface area contributed by atoms with E-state index >= 15 is 0 Å². The summed E-state index contributed by atoms with van der Waals surface area (Å²) in [4.78, 5) is 31.6. The molecule has 124 heavy (non-hydrogen) atoms. The second kappa shape index (κ2) is 29.5. The van der Waals surface area contributed by atoms with Crippen LogP contribution < -0.4 is 0 Å². The highest BCUT2D eigenvalue weighted by Gasteiger charge is 2.37. The van der Waals surface area contributed by atoms with Gasteiger partial charge in [-0.05, 0) is 146 Å². The van der Waals surface area contributed by atoms with Crippen LogP contribution in [0.15, 0.2) is 413 Å². The molecule has 6 aromatic heterocycles. The largest absolute Gasteiger partial charge is 0.308 e. The summed E-state index contributed by atoms with van der Waals surface area (Å²) in [7, 11) is 0. The van der Waals surface area contributed by atoms with Crippen molar-refractivity contribution in [3.8, 4) is 146 Å². The van der Waals surface area contributed by atoms with Gasteiger partial charge in [-0.15, -0.1) is 0 Å². The van der Waals surface area contributed by atoms with E-state index in [0.29, 0.717) is 11.6 Å². The molecule has 8 heteroatoms. The number of aromatic nitrogens is 8. The second-order valence-corrected chi connectivity index (χ2v) is 33.6. The van der Waals surface area contributed by atoms with Crippen molar-refractivity contribution in [1.29, 1.82) is 0 Å². The summed E-state index contributed by atoms with van der Waals surface area (Å²) in [5.41, 5.74) is 37.7. The Morgan fingerprint density at radius 2 is 0.508 bits per heavy atom. The molecule has 0 spiro atoms. The van der Waals surface area contributed by atoms with Crippen LogP contribution in [0.25, 0.3) is 212 Å². The standard InChI is InChI=1S/2C58H40N4/c1-58(2)48-25-12-9-22-44(48)45-33-32-41(35-49(45)58)40-18-15-19-42(34-40)57-60-51(37-16-5-3-6-17-37)36-52(61-57)38-28-30-39(31-29-38)55-54-47-24-11-14-27-53(47)62(43-20-7-4-8-21-43)56(54)46-23-10-13-26-50(46)59-55;1-58(2)48-22-12-9-19-44(48)45-34-33-42(35-49(45)58)37-25-27-39(28-26-37)52-36-51(38-15-5-3-6-16-38)60-57(61-52)41-31-29-40(30-32-41)55-54-47-21-11-14-24-53(47)62(43-17-7-4-8-18-43)56(54)46-20-10-13-23-50(46)59-55/h2*3-36H,1-2H3. The van der Waals surface area contributed by atoms with E-state index in [9.17, 15) is 0 Å². The van der Waals surface area contributed by atoms with Crippen LogP contribution in [0.3, 0.4) is 0 Å². The molecule has 2 aliphatic rings. The predicted octanol–water partition coefficient (Wildman–Crippen LogP) is 29.5. The van der Waals surface area contributed by atoms with Crippen molar-refractivity contribution < 1.29 is 0 Å². The zero-order chi connectivity index (χ0) is 82.7. The van der Waals surface area contributed by atoms with Crippen LogP contribution in [-0.2, 0) is 10.8 Å². The molecule has 584 valence electrons. The van der Waals surface area contributed by atoms with Crippen molar-refractivity contribution >= 4 is 65.4 Å². The van der Waals surface area contributed by atoms with Gasteiger partial charge in [0.05, 0.1) is 67.3 Å². The van der Waals surface area contributed by atoms with Crippen LogP contribution >= 0.6 is 0 Å². The van der Waals surface area contributed by atoms with Crippen LogP contribution in [0, 0.1) is 0 Å². The minimum atomic E-state index is -0.0749. The number of benzene rings is 16. The Morgan fingerprint density at radius 1 is 0.202 bits per heavy atom. The number of rotatable bonds is 12. The summed E-state index contributed by atoms with van der Waals surface area (Å²) in [5.74, 6) is 1.36. The summed E-state index contributed by atoms with van der Waals surface area (Å²) in [5, 5.41) is 6.87. The van der Waals surface area contributed by atoms with E-state index in [1.807, 2.05) is 12.1 Å². The minimum Gasteiger partial charge on any atom is -0.308 e. The van der Waals surface area contributed by atoms with Crippen LogP contribution in [0.1, 0.15) is 49.9 Å². The molecule has 6 heterocycles. The monoisotopic (exact) mass is 1580 g/mol. The van der Waals surface area contributed by atoms with Gasteiger partial charge in [-0.3, -0.25) is 0 Å². The molecule has 22 aromatic rings. The molecule has 0 atom stereocenters. The molecule has 0 saturated heterocycles. The van der Waals surface area contributed by atoms with Crippen molar-refractivity contribution in [1.82, 2.24) is 39.0 Å². The quantitative estimate of drug-likeness (QED) is 0.121. The van der Waals surface area contributed by atoms with Crippen LogP contribution in [-0.4, -0.2) is 39.0 Å². The second-order valence-electron chi connectivity index (χ2n) is 33.6. The van der Waals surface area contributed by atoms with Gasteiger partial charge in [-0.25, -0.2) is 29.9 Å². The fourth-order valence-corrected chi connectivity index (χ4v) is 19.5. The van der Waals surface area contributed by atoms with E-state index in [2.05, 4.69) is 437 Å². The van der Waals surface area contributed by atoms with E-state index in [4.69, 9.17) is 29.9 Å². The number of fused-ring (bicyclic) bond motifs is 16. The maximum absolute atomic E-state index is 5.37. The maximum Gasteiger partial charge on any atom is 0.160 e. The van der Waals surface area contributed by atoms with E-state index in [0.717, 1.165) is 150 Å². The lowest BCUT2D eigenvalue weighted by Gasteiger charge is -2.22. The van der Waals surface area contributed by atoms with Gasteiger partial charge in [-0.2, -0.15) is 0 Å². The molecule has 0 amide bonds. The predicted molar refractivity (Wildman–Crippen MR) is 513 cm³/mol. The Bertz CT molecular complexity index is 7990. The fraction of sp³-hybridized carbons (Fsp3) is 0.0517. The molecule has 0 N–H and O–H groups in total. The summed E-state index contributed by atoms with van der Waals surface area (Å²) in [6, 6.07) is 147. The van der Waals surface area contributed by atoms with Gasteiger partial charge in [0.25, 0.3) is 0 Å². The van der Waals surface area contributed by atoms with Gasteiger partial charge in [0.1, 0.15) is 0 Å². The fourth-order valence-electron chi connectivity index (χ4n) is 19.5. The molecule has 0 saturated carbocycles. The highest BCUT2D eigenvalue weighted by Crippen LogP contribution is 2.53. The first-order valence-corrected chi connectivity index (χ1v) is 42.5. The van der Waals surface area contributed by atoms with E-state index < -0.39 is 0 Å². The molecule has 0 unspecified atom stereocenters. The summed E-state index contributed by atoms with van der Waals surface area (Å²) in [6.07, 6.45) is 0. The zero-order valence-electron chi connectivity index (χ0n) is 68.8. The van der Waals surface area contributed by atoms with Gasteiger partial charge in [-0.1, -0.05) is 361 Å². The van der Waals surface area contributed by atoms with Crippen molar-refractivity contribution in [3.05, 3.63) is 435 Å². The summed E-state index contributed by atoms with van der Waals surface area (Å²) < 4.78 is 4.77. The van der Waals surface area contributed by atoms with Crippen molar-refractivity contribution in [2.24, 2.45) is 0 Å². The Kier molecular flexibility index (Phi) is 17.4. The van der Waals surface area contributed by atoms with Crippen molar-refractivity contribution in [3.63, 3.8) is 0 Å². The third kappa shape index (κ3) is 12.3. The summed E-state index contributed by atoms with van der Waals surface area (Å²) >= 11 is 0. The Hall–Kier alpha value is -15.9. The smallest absolute Gasteiger partial charge is 0.160 e. The third-order valence-electron chi connectivity index (χ3n) is 25.6. The lowest BCUT2D eigenvalue weighted by atomic mass is 9.81. The van der Waals surface area contributed by atoms with Crippen molar-refractivity contribution in [2.45, 2.75) is 38.5 Å². The number of hydrogen-bond acceptors (Lipinski definition) is 6. The van der Waals surface area contributed by atoms with Gasteiger partial charge < -0.3 is 9.13 Å². The molecular weight excluding hydrogens is 1510 g/mol. The number of hydrogen-bond donors (Lipinski definition) is 0. The average Bonchev–Trinajstić information content (AvgIpc) is 2.53. The molecule has 16 aromatic carbocycles. The Balaban J connectivity index is 0.000000143. The molecule has 0 radical (unpaired) electrons. The van der Waals surface area contributed by atoms with Crippen LogP contribution in [0.5, 0.6) is 0 Å². The maximum atomic E-state index is 5.37. The topological polar surface area (TPSA) is 87.2 Å². The molecule has 0 bridgehead atoms. The lowest BCUT2D eigenvalue weighted by molar-refractivity contribution is 0.660. The van der Waals surface area contributed by atoms with E-state index in [1.54, 1.807) is 0 Å². The first-order valence-electron chi connectivity index (χ1n) is 42.5. The lowest BCUT2D eigenvalue weighted by Crippen LogP contribution is -2.14. The minimum absolute atomic E-state index is 0.0493. The highest BCUT2D eigenvalue weighted by atomic mass is 15.0. The Morgan fingerprint density at radius 3 is 0.960 bits per heavy atom. The molecule has 2 aliphatic carbocycles. The molecular formula is C116H80N8. The molecule has 8 nitrogen and oxygen atoms in total. The van der Waals surface area contributed by atoms with Crippen LogP contribution in [0.2, 0.25) is 0 Å². The van der Waals surface area contributed by atoms with Gasteiger partial charge >= 0.3 is 0 Å². The highest BCUT2D eigenvalue weighted by molar-refractivity contribution is 6.24. The molecule has 0 aliphatic heterocycles. The van der Waals surface area contributed by atoms with Crippen molar-refractivity contribution in [2.75, 3.05) is 0 Å². The zero-order valence-corrected chi connectivity index (χ0v) is 68.8. The number of pyridine rings is 2. The SMILES string of the molecule is CC1(C)c2ccccc2-c2ccc(-c3ccc(-c4cc(-c5ccccc5)nc(-c5ccc(-c6nc7ccccc7c7c6c6ccccc6n7-c6ccccc6)cc5)n4)cc3)cc21.CC1(C)c2ccccc2-c2ccc(-c3cccc(-c4nc(-c5ccccc5)cc(-c5ccc(-c6nc7ccccc7c7c6c6ccccc6n7-c6ccccc6)cc5)n4)c3)cc21. The summed E-state index contributed by atoms with van der Waals surface area (Å²) in [6.45, 7) is 9.33. The first-order chi connectivity index (χ1) is 61.0. The van der Waals surface area contributed by atoms with Gasteiger partial charge in [0, 0.05) is 99.0 Å². The van der Waals surface area contributed by atoms with E-state index in [1.165, 1.54) is 72.0 Å². The van der Waals surface area contributed by atoms with Crippen LogP contribution in [0.4, 0.5) is 0 Å². The number of para-hydroxylation sites is 6. The molecule has 0 fully saturated rings. The average molecular weight is 1590 g/mol. The number of nitrogens with zero attached hydrogens (tertiary/aromatic N) is 8. The normalized spacial score (nSPS) is 12.8. The van der Waals surface area contributed by atoms with Gasteiger partial charge in [0.15, 0.2) is 11.6 Å². The third-order valence-corrected chi connectivity index (χ3v) is 25.6. The van der Waals surface area contributed by atoms with Gasteiger partial charge in [0.2, 0.25) is 0 Å². The Labute approximate surface area is 719 Å². The van der Waals surface area contributed by atoms with E-state index in [-0.39, 0.29) is 10.8 Å². The molecule has 24 rings (SSSR count). The first kappa shape index (κ1) is 73.3.